The van der Waals surface area contributed by atoms with Crippen LogP contribution in [0.2, 0.25) is 0 Å². The van der Waals surface area contributed by atoms with E-state index in [1.54, 1.807) is 23.9 Å². The van der Waals surface area contributed by atoms with Gasteiger partial charge in [0.1, 0.15) is 18.5 Å². The summed E-state index contributed by atoms with van der Waals surface area (Å²) in [5.41, 5.74) is 2.77. The number of aromatic nitrogens is 2. The molecule has 4 rings (SSSR count). The van der Waals surface area contributed by atoms with Crippen LogP contribution in [-0.2, 0) is 42.9 Å². The molecule has 13 nitrogen and oxygen atoms in total. The van der Waals surface area contributed by atoms with E-state index in [0.717, 1.165) is 32.0 Å². The predicted octanol–water partition coefficient (Wildman–Crippen LogP) is 3.32. The second-order valence-electron chi connectivity index (χ2n) is 9.93. The number of nitrogens with zero attached hydrogens (tertiary/aromatic N) is 2. The molecular weight excluding hydrogens is 576 g/mol. The number of carbonyl (C=O) groups is 4. The minimum atomic E-state index is -1.45. The zero-order chi connectivity index (χ0) is 32.0. The van der Waals surface area contributed by atoms with Crippen molar-refractivity contribution in [2.45, 2.75) is 65.3 Å². The van der Waals surface area contributed by atoms with Crippen molar-refractivity contribution in [3.63, 3.8) is 0 Å². The highest BCUT2D eigenvalue weighted by molar-refractivity contribution is 5.73. The SMILES string of the molecule is COc1ccc(-c2c(O[C@@H]3O[C@H](COC(C)=O)[C@@H](OC(C)=O)[C@H](OC(C)=O)[C@H]3OC(C)=O)nn(-c3ccccc3)c2C)cc1. The maximum atomic E-state index is 12.3. The quantitative estimate of drug-likeness (QED) is 0.245. The Morgan fingerprint density at radius 1 is 0.795 bits per heavy atom. The maximum absolute atomic E-state index is 12.3. The monoisotopic (exact) mass is 610 g/mol. The van der Waals surface area contributed by atoms with Gasteiger partial charge in [-0.2, -0.15) is 0 Å². The molecular formula is C31H34N2O11. The van der Waals surface area contributed by atoms with Crippen molar-refractivity contribution in [3.8, 4) is 28.4 Å². The largest absolute Gasteiger partial charge is 0.497 e. The van der Waals surface area contributed by atoms with Crippen LogP contribution in [0, 0.1) is 6.92 Å². The van der Waals surface area contributed by atoms with Crippen LogP contribution in [0.4, 0.5) is 0 Å². The first-order valence-corrected chi connectivity index (χ1v) is 13.7. The van der Waals surface area contributed by atoms with Gasteiger partial charge in [-0.1, -0.05) is 30.3 Å². The van der Waals surface area contributed by atoms with Gasteiger partial charge in [-0.3, -0.25) is 19.2 Å². The number of benzene rings is 2. The van der Waals surface area contributed by atoms with Crippen molar-refractivity contribution in [2.24, 2.45) is 0 Å². The average Bonchev–Trinajstić information content (AvgIpc) is 3.30. The van der Waals surface area contributed by atoms with E-state index in [9.17, 15) is 19.2 Å². The third-order valence-corrected chi connectivity index (χ3v) is 6.64. The Balaban J connectivity index is 1.84. The van der Waals surface area contributed by atoms with Gasteiger partial charge in [0.2, 0.25) is 18.3 Å². The van der Waals surface area contributed by atoms with E-state index in [2.05, 4.69) is 0 Å². The number of rotatable bonds is 10. The summed E-state index contributed by atoms with van der Waals surface area (Å²) in [6.45, 7) is 6.12. The smallest absolute Gasteiger partial charge is 0.303 e. The first-order chi connectivity index (χ1) is 21.0. The number of hydrogen-bond donors (Lipinski definition) is 0. The molecule has 0 N–H and O–H groups in total. The lowest BCUT2D eigenvalue weighted by Crippen LogP contribution is -2.63. The molecule has 3 aromatic rings. The lowest BCUT2D eigenvalue weighted by atomic mass is 9.98. The van der Waals surface area contributed by atoms with Crippen LogP contribution in [-0.4, -0.2) is 78.1 Å². The third-order valence-electron chi connectivity index (χ3n) is 6.64. The van der Waals surface area contributed by atoms with Crippen LogP contribution in [0.3, 0.4) is 0 Å². The molecule has 0 aliphatic carbocycles. The van der Waals surface area contributed by atoms with E-state index in [4.69, 9.17) is 38.3 Å². The fourth-order valence-corrected chi connectivity index (χ4v) is 4.86. The first-order valence-electron chi connectivity index (χ1n) is 13.7. The summed E-state index contributed by atoms with van der Waals surface area (Å²) in [5.74, 6) is -2.12. The van der Waals surface area contributed by atoms with Gasteiger partial charge in [0, 0.05) is 27.7 Å². The zero-order valence-corrected chi connectivity index (χ0v) is 25.2. The fourth-order valence-electron chi connectivity index (χ4n) is 4.86. The molecule has 1 aliphatic heterocycles. The Morgan fingerprint density at radius 2 is 1.39 bits per heavy atom. The number of carbonyl (C=O) groups excluding carboxylic acids is 4. The van der Waals surface area contributed by atoms with E-state index < -0.39 is 54.6 Å². The second kappa shape index (κ2) is 14.0. The van der Waals surface area contributed by atoms with E-state index >= 15 is 0 Å². The number of para-hydroxylation sites is 1. The molecule has 1 saturated heterocycles. The highest BCUT2D eigenvalue weighted by atomic mass is 16.7. The number of hydrogen-bond acceptors (Lipinski definition) is 12. The summed E-state index contributed by atoms with van der Waals surface area (Å²) in [4.78, 5) is 48.2. The van der Waals surface area contributed by atoms with Crippen molar-refractivity contribution < 1.29 is 52.3 Å². The molecule has 1 aromatic heterocycles. The number of esters is 4. The molecule has 234 valence electrons. The van der Waals surface area contributed by atoms with E-state index in [1.165, 1.54) is 6.92 Å². The van der Waals surface area contributed by atoms with Gasteiger partial charge in [-0.15, -0.1) is 5.10 Å². The standard InChI is InChI=1S/C31H34N2O11/c1-17-26(22-12-14-24(38-6)15-13-22)30(32-33(17)23-10-8-7-9-11-23)44-31-29(42-21(5)37)28(41-20(4)36)27(40-19(3)35)25(43-31)16-39-18(2)34/h7-15,25,27-29,31H,16H2,1-6H3/t25-,27-,28+,29-,31+/m1/s1. The Morgan fingerprint density at radius 3 is 1.95 bits per heavy atom. The van der Waals surface area contributed by atoms with Crippen LogP contribution >= 0.6 is 0 Å². The van der Waals surface area contributed by atoms with Crippen molar-refractivity contribution >= 4 is 23.9 Å². The Kier molecular flexibility index (Phi) is 10.2. The van der Waals surface area contributed by atoms with Crippen molar-refractivity contribution in [3.05, 3.63) is 60.3 Å². The number of ether oxygens (including phenoxy) is 7. The summed E-state index contributed by atoms with van der Waals surface area (Å²) in [6, 6.07) is 16.6. The van der Waals surface area contributed by atoms with Crippen LogP contribution in [0.15, 0.2) is 54.6 Å². The van der Waals surface area contributed by atoms with Gasteiger partial charge < -0.3 is 33.2 Å². The highest BCUT2D eigenvalue weighted by Gasteiger charge is 2.53. The maximum Gasteiger partial charge on any atom is 0.303 e. The zero-order valence-electron chi connectivity index (χ0n) is 25.2. The summed E-state index contributed by atoms with van der Waals surface area (Å²) in [5, 5.41) is 4.72. The van der Waals surface area contributed by atoms with Gasteiger partial charge >= 0.3 is 23.9 Å². The molecule has 0 amide bonds. The molecule has 2 aromatic carbocycles. The lowest BCUT2D eigenvalue weighted by molar-refractivity contribution is -0.289. The summed E-state index contributed by atoms with van der Waals surface area (Å²) in [6.07, 6.45) is -6.75. The van der Waals surface area contributed by atoms with E-state index in [-0.39, 0.29) is 12.5 Å². The normalized spacial score (nSPS) is 21.1. The summed E-state index contributed by atoms with van der Waals surface area (Å²) >= 11 is 0. The van der Waals surface area contributed by atoms with Crippen LogP contribution < -0.4 is 9.47 Å². The second-order valence-corrected chi connectivity index (χ2v) is 9.93. The van der Waals surface area contributed by atoms with Gasteiger partial charge in [-0.05, 0) is 36.8 Å². The molecule has 0 bridgehead atoms. The summed E-state index contributed by atoms with van der Waals surface area (Å²) < 4.78 is 41.2. The fraction of sp³-hybridized carbons (Fsp3) is 0.387. The third kappa shape index (κ3) is 7.53. The highest BCUT2D eigenvalue weighted by Crippen LogP contribution is 2.38. The van der Waals surface area contributed by atoms with Crippen molar-refractivity contribution in [2.75, 3.05) is 13.7 Å². The molecule has 13 heteroatoms. The first kappa shape index (κ1) is 32.0. The van der Waals surface area contributed by atoms with Crippen LogP contribution in [0.1, 0.15) is 33.4 Å². The van der Waals surface area contributed by atoms with E-state index in [1.807, 2.05) is 49.4 Å². The molecule has 44 heavy (non-hydrogen) atoms. The molecule has 0 radical (unpaired) electrons. The minimum absolute atomic E-state index is 0.0948. The Labute approximate surface area is 253 Å². The summed E-state index contributed by atoms with van der Waals surface area (Å²) in [7, 11) is 1.56. The van der Waals surface area contributed by atoms with Gasteiger partial charge in [0.05, 0.1) is 24.1 Å². The lowest BCUT2D eigenvalue weighted by Gasteiger charge is -2.43. The molecule has 1 fully saturated rings. The number of methoxy groups -OCH3 is 1. The molecule has 0 unspecified atom stereocenters. The predicted molar refractivity (Wildman–Crippen MR) is 153 cm³/mol. The topological polar surface area (TPSA) is 151 Å². The Hall–Kier alpha value is -4.91. The molecule has 1 aliphatic rings. The Bertz CT molecular complexity index is 1490. The molecule has 5 atom stereocenters. The van der Waals surface area contributed by atoms with Crippen molar-refractivity contribution in [1.29, 1.82) is 0 Å². The van der Waals surface area contributed by atoms with Gasteiger partial charge in [0.25, 0.3) is 0 Å². The average molecular weight is 611 g/mol. The molecule has 2 heterocycles. The minimum Gasteiger partial charge on any atom is -0.497 e. The van der Waals surface area contributed by atoms with Gasteiger partial charge in [0.15, 0.2) is 12.2 Å². The van der Waals surface area contributed by atoms with Crippen molar-refractivity contribution in [1.82, 2.24) is 9.78 Å². The van der Waals surface area contributed by atoms with Crippen LogP contribution in [0.25, 0.3) is 16.8 Å². The van der Waals surface area contributed by atoms with Gasteiger partial charge in [-0.25, -0.2) is 4.68 Å². The van der Waals surface area contributed by atoms with E-state index in [0.29, 0.717) is 17.0 Å². The van der Waals surface area contributed by atoms with Crippen LogP contribution in [0.5, 0.6) is 11.6 Å². The molecule has 0 saturated carbocycles. The molecule has 0 spiro atoms.